The lowest BCUT2D eigenvalue weighted by molar-refractivity contribution is 0.0600. The van der Waals surface area contributed by atoms with E-state index in [1.165, 1.54) is 37.4 Å². The monoisotopic (exact) mass is 472 g/mol. The molecule has 0 saturated carbocycles. The highest BCUT2D eigenvalue weighted by molar-refractivity contribution is 7.90. The Morgan fingerprint density at radius 1 is 1.06 bits per heavy atom. The molecule has 1 amide bonds. The fraction of sp³-hybridized carbons (Fsp3) is 0.217. The van der Waals surface area contributed by atoms with Crippen LogP contribution >= 0.6 is 0 Å². The van der Waals surface area contributed by atoms with Crippen LogP contribution in [-0.4, -0.2) is 56.4 Å². The second-order valence-electron chi connectivity index (χ2n) is 7.43. The third-order valence-electron chi connectivity index (χ3n) is 4.61. The van der Waals surface area contributed by atoms with E-state index in [4.69, 9.17) is 9.47 Å². The summed E-state index contributed by atoms with van der Waals surface area (Å²) in [6.45, 7) is 1.68. The van der Waals surface area contributed by atoms with E-state index in [9.17, 15) is 23.1 Å². The molecule has 9 nitrogen and oxygen atoms in total. The molecular weight excluding hydrogens is 448 g/mol. The Kier molecular flexibility index (Phi) is 7.19. The van der Waals surface area contributed by atoms with Crippen LogP contribution in [0.1, 0.15) is 27.8 Å². The number of carbonyl (C=O) groups excluding carboxylic acids is 2. The average Bonchev–Trinajstić information content (AvgIpc) is 3.27. The Balaban J connectivity index is 1.91. The number of hydrogen-bond acceptors (Lipinski definition) is 7. The van der Waals surface area contributed by atoms with Crippen molar-refractivity contribution in [3.63, 3.8) is 0 Å². The molecule has 33 heavy (non-hydrogen) atoms. The molecule has 3 rings (SSSR count). The Morgan fingerprint density at radius 2 is 1.76 bits per heavy atom. The third-order valence-corrected chi connectivity index (χ3v) is 5.74. The van der Waals surface area contributed by atoms with Crippen LogP contribution in [0.5, 0.6) is 11.5 Å². The fourth-order valence-corrected chi connectivity index (χ4v) is 3.60. The molecule has 0 aliphatic carbocycles. The van der Waals surface area contributed by atoms with Crippen LogP contribution in [0, 0.1) is 0 Å². The lowest BCUT2D eigenvalue weighted by Crippen LogP contribution is -2.30. The molecule has 3 aromatic rings. The van der Waals surface area contributed by atoms with E-state index in [2.05, 4.69) is 10.3 Å². The zero-order chi connectivity index (χ0) is 24.2. The summed E-state index contributed by atoms with van der Waals surface area (Å²) >= 11 is 0. The Bertz CT molecular complexity index is 1260. The standard InChI is InChI=1S/C23H24N2O7S/c1-14(26)13-24-22(27)21-9-8-20(25-21)15-10-16(23(28)31-2)12-18(11-15)32-17-4-6-19(7-5-17)33(3,29)30/h4-12,14,25-26H,13H2,1-3H3,(H,24,27)/t14-/m1/s1. The molecule has 1 heterocycles. The number of ether oxygens (including phenoxy) is 2. The van der Waals surface area contributed by atoms with Crippen molar-refractivity contribution in [2.75, 3.05) is 19.9 Å². The molecule has 0 aliphatic heterocycles. The number of aromatic nitrogens is 1. The van der Waals surface area contributed by atoms with Crippen LogP contribution in [-0.2, 0) is 14.6 Å². The lowest BCUT2D eigenvalue weighted by Gasteiger charge is -2.11. The molecule has 0 aliphatic rings. The van der Waals surface area contributed by atoms with Crippen molar-refractivity contribution in [3.05, 3.63) is 65.9 Å². The van der Waals surface area contributed by atoms with Gasteiger partial charge in [0.2, 0.25) is 0 Å². The van der Waals surface area contributed by atoms with Crippen molar-refractivity contribution < 1.29 is 32.6 Å². The smallest absolute Gasteiger partial charge is 0.338 e. The van der Waals surface area contributed by atoms with Crippen LogP contribution in [0.25, 0.3) is 11.3 Å². The van der Waals surface area contributed by atoms with Crippen molar-refractivity contribution in [1.82, 2.24) is 10.3 Å². The lowest BCUT2D eigenvalue weighted by atomic mass is 10.1. The molecule has 0 fully saturated rings. The van der Waals surface area contributed by atoms with E-state index in [0.29, 0.717) is 22.8 Å². The number of methoxy groups -OCH3 is 1. The van der Waals surface area contributed by atoms with Crippen molar-refractivity contribution in [2.45, 2.75) is 17.9 Å². The van der Waals surface area contributed by atoms with Crippen molar-refractivity contribution in [2.24, 2.45) is 0 Å². The van der Waals surface area contributed by atoms with Gasteiger partial charge in [0.25, 0.3) is 5.91 Å². The first kappa shape index (κ1) is 24.0. The number of esters is 1. The van der Waals surface area contributed by atoms with Crippen LogP contribution in [0.4, 0.5) is 0 Å². The Hall–Kier alpha value is -3.63. The van der Waals surface area contributed by atoms with Gasteiger partial charge in [-0.25, -0.2) is 13.2 Å². The van der Waals surface area contributed by atoms with E-state index in [1.54, 1.807) is 31.2 Å². The minimum Gasteiger partial charge on any atom is -0.465 e. The van der Waals surface area contributed by atoms with Gasteiger partial charge in [-0.15, -0.1) is 0 Å². The summed E-state index contributed by atoms with van der Waals surface area (Å²) in [5.74, 6) is -0.265. The van der Waals surface area contributed by atoms with Gasteiger partial charge in [-0.05, 0) is 61.5 Å². The molecule has 2 aromatic carbocycles. The van der Waals surface area contributed by atoms with E-state index >= 15 is 0 Å². The number of rotatable bonds is 8. The number of amides is 1. The largest absolute Gasteiger partial charge is 0.465 e. The zero-order valence-corrected chi connectivity index (χ0v) is 19.1. The Morgan fingerprint density at radius 3 is 2.36 bits per heavy atom. The number of benzene rings is 2. The van der Waals surface area contributed by atoms with Crippen molar-refractivity contribution in [1.29, 1.82) is 0 Å². The quantitative estimate of drug-likeness (QED) is 0.429. The maximum Gasteiger partial charge on any atom is 0.338 e. The number of aliphatic hydroxyl groups excluding tert-OH is 1. The van der Waals surface area contributed by atoms with Gasteiger partial charge in [-0.2, -0.15) is 0 Å². The highest BCUT2D eigenvalue weighted by atomic mass is 32.2. The summed E-state index contributed by atoms with van der Waals surface area (Å²) in [6, 6.07) is 13.9. The predicted octanol–water partition coefficient (Wildman–Crippen LogP) is 2.77. The summed E-state index contributed by atoms with van der Waals surface area (Å²) in [5.41, 5.74) is 1.64. The normalized spacial score (nSPS) is 12.1. The van der Waals surface area contributed by atoms with Gasteiger partial charge in [-0.1, -0.05) is 0 Å². The number of H-pyrrole nitrogens is 1. The zero-order valence-electron chi connectivity index (χ0n) is 18.3. The number of aliphatic hydroxyl groups is 1. The molecule has 3 N–H and O–H groups in total. The molecule has 174 valence electrons. The van der Waals surface area contributed by atoms with Crippen LogP contribution in [0.15, 0.2) is 59.5 Å². The molecule has 0 unspecified atom stereocenters. The van der Waals surface area contributed by atoms with E-state index in [-0.39, 0.29) is 28.6 Å². The molecule has 0 radical (unpaired) electrons. The summed E-state index contributed by atoms with van der Waals surface area (Å²) in [7, 11) is -2.08. The van der Waals surface area contributed by atoms with Gasteiger partial charge >= 0.3 is 5.97 Å². The van der Waals surface area contributed by atoms with Crippen molar-refractivity contribution in [3.8, 4) is 22.8 Å². The molecule has 0 spiro atoms. The first-order valence-electron chi connectivity index (χ1n) is 9.94. The minimum atomic E-state index is -3.34. The number of hydrogen-bond donors (Lipinski definition) is 3. The first-order valence-corrected chi connectivity index (χ1v) is 11.8. The number of carbonyl (C=O) groups is 2. The molecule has 1 atom stereocenters. The SMILES string of the molecule is COC(=O)c1cc(Oc2ccc(S(C)(=O)=O)cc2)cc(-c2ccc(C(=O)NC[C@@H](C)O)[nH]2)c1. The summed E-state index contributed by atoms with van der Waals surface area (Å²) in [4.78, 5) is 27.5. The fourth-order valence-electron chi connectivity index (χ4n) is 2.97. The maximum absolute atomic E-state index is 12.2. The van der Waals surface area contributed by atoms with E-state index in [0.717, 1.165) is 6.26 Å². The van der Waals surface area contributed by atoms with E-state index < -0.39 is 21.9 Å². The molecule has 0 saturated heterocycles. The topological polar surface area (TPSA) is 135 Å². The van der Waals surface area contributed by atoms with Crippen LogP contribution in [0.3, 0.4) is 0 Å². The summed E-state index contributed by atoms with van der Waals surface area (Å²) < 4.78 is 34.0. The van der Waals surface area contributed by atoms with Gasteiger partial charge < -0.3 is 24.9 Å². The second-order valence-corrected chi connectivity index (χ2v) is 9.44. The van der Waals surface area contributed by atoms with Crippen LogP contribution in [0.2, 0.25) is 0 Å². The van der Waals surface area contributed by atoms with Gasteiger partial charge in [0.1, 0.15) is 17.2 Å². The maximum atomic E-state index is 12.2. The molecule has 10 heteroatoms. The summed E-state index contributed by atoms with van der Waals surface area (Å²) in [5, 5.41) is 11.9. The van der Waals surface area contributed by atoms with Gasteiger partial charge in [0.05, 0.1) is 23.7 Å². The van der Waals surface area contributed by atoms with Crippen LogP contribution < -0.4 is 10.1 Å². The first-order chi connectivity index (χ1) is 15.6. The highest BCUT2D eigenvalue weighted by Crippen LogP contribution is 2.30. The van der Waals surface area contributed by atoms with Gasteiger partial charge in [0, 0.05) is 24.1 Å². The second kappa shape index (κ2) is 9.88. The average molecular weight is 473 g/mol. The molecule has 0 bridgehead atoms. The van der Waals surface area contributed by atoms with Gasteiger partial charge in [0.15, 0.2) is 9.84 Å². The Labute approximate surface area is 191 Å². The predicted molar refractivity (Wildman–Crippen MR) is 121 cm³/mol. The highest BCUT2D eigenvalue weighted by Gasteiger charge is 2.15. The number of nitrogens with one attached hydrogen (secondary N) is 2. The minimum absolute atomic E-state index is 0.112. The number of sulfone groups is 1. The summed E-state index contributed by atoms with van der Waals surface area (Å²) in [6.07, 6.45) is 0.441. The van der Waals surface area contributed by atoms with Crippen molar-refractivity contribution >= 4 is 21.7 Å². The van der Waals surface area contributed by atoms with Gasteiger partial charge in [-0.3, -0.25) is 4.79 Å². The number of aromatic amines is 1. The molecular formula is C23H24N2O7S. The third kappa shape index (κ3) is 6.21. The van der Waals surface area contributed by atoms with E-state index in [1.807, 2.05) is 0 Å². The molecule has 1 aromatic heterocycles.